The van der Waals surface area contributed by atoms with Gasteiger partial charge in [0.2, 0.25) is 10.0 Å². The van der Waals surface area contributed by atoms with E-state index < -0.39 is 27.2 Å². The molecule has 3 aromatic heterocycles. The molecule has 1 unspecified atom stereocenters. The molecular weight excluding hydrogens is 617 g/mol. The molecule has 0 saturated carbocycles. The van der Waals surface area contributed by atoms with E-state index in [1.54, 1.807) is 41.8 Å². The second kappa shape index (κ2) is 10.9. The van der Waals surface area contributed by atoms with Crippen molar-refractivity contribution in [1.82, 2.24) is 13.3 Å². The molecule has 0 aliphatic carbocycles. The molecule has 4 heterocycles. The Labute approximate surface area is 252 Å². The average molecular weight is 642 g/mol. The topological polar surface area (TPSA) is 130 Å². The summed E-state index contributed by atoms with van der Waals surface area (Å²) in [6, 6.07) is 16.1. The van der Waals surface area contributed by atoms with Crippen molar-refractivity contribution in [2.45, 2.75) is 29.1 Å². The van der Waals surface area contributed by atoms with Gasteiger partial charge in [-0.2, -0.15) is 4.31 Å². The highest BCUT2D eigenvalue weighted by Crippen LogP contribution is 2.38. The van der Waals surface area contributed by atoms with E-state index in [1.165, 1.54) is 52.3 Å². The fourth-order valence-electron chi connectivity index (χ4n) is 5.18. The van der Waals surface area contributed by atoms with Crippen LogP contribution < -0.4 is 5.46 Å². The maximum Gasteiger partial charge on any atom is 0.489 e. The third kappa shape index (κ3) is 5.09. The minimum Gasteiger partial charge on any atom is -0.423 e. The van der Waals surface area contributed by atoms with Crippen molar-refractivity contribution < 1.29 is 26.9 Å². The monoisotopic (exact) mass is 641 g/mol. The number of pyridine rings is 1. The minimum absolute atomic E-state index is 0.0599. The van der Waals surface area contributed by atoms with Gasteiger partial charge in [-0.3, -0.25) is 0 Å². The van der Waals surface area contributed by atoms with Crippen LogP contribution in [-0.2, 0) is 20.0 Å². The summed E-state index contributed by atoms with van der Waals surface area (Å²) in [4.78, 5) is 5.38. The molecule has 9 nitrogen and oxygen atoms in total. The standard InChI is InChI=1S/C28H25BClN3O6S3/c1-18-5-7-22(8-6-18)42(38,39)33-16-24(27-25(30)9-11-31-28(27)33)19-3-2-4-23(13-19)41(36,37)32-12-10-20(15-32)26-14-21(17-40-26)29(34)35/h2-9,11,13-14,16-17,20,34-35H,10,12,15H2,1H3. The number of hydrogen-bond acceptors (Lipinski definition) is 8. The van der Waals surface area contributed by atoms with Gasteiger partial charge in [-0.25, -0.2) is 25.8 Å². The summed E-state index contributed by atoms with van der Waals surface area (Å²) in [7, 11) is -9.49. The fraction of sp³-hybridized carbons (Fsp3) is 0.179. The second-order valence-electron chi connectivity index (χ2n) is 10.2. The first-order valence-corrected chi connectivity index (χ1v) is 17.1. The molecule has 0 bridgehead atoms. The van der Waals surface area contributed by atoms with Crippen molar-refractivity contribution in [3.63, 3.8) is 0 Å². The summed E-state index contributed by atoms with van der Waals surface area (Å²) in [6.45, 7) is 2.44. The zero-order valence-corrected chi connectivity index (χ0v) is 25.5. The largest absolute Gasteiger partial charge is 0.489 e. The van der Waals surface area contributed by atoms with E-state index in [1.807, 2.05) is 6.92 Å². The summed E-state index contributed by atoms with van der Waals surface area (Å²) in [5.74, 6) is -0.0599. The number of nitrogens with zero attached hydrogens (tertiary/aromatic N) is 3. The highest BCUT2D eigenvalue weighted by molar-refractivity contribution is 7.90. The van der Waals surface area contributed by atoms with E-state index in [4.69, 9.17) is 11.6 Å². The SMILES string of the molecule is Cc1ccc(S(=O)(=O)n2cc(-c3cccc(S(=O)(=O)N4CCC(c5cc(B(O)O)cs5)C4)c3)c3c(Cl)ccnc32)cc1. The van der Waals surface area contributed by atoms with Gasteiger partial charge in [0.25, 0.3) is 10.0 Å². The molecule has 1 aliphatic rings. The Hall–Kier alpha value is -3.04. The zero-order chi connectivity index (χ0) is 29.8. The maximum absolute atomic E-state index is 13.7. The van der Waals surface area contributed by atoms with E-state index in [-0.39, 0.29) is 32.9 Å². The van der Waals surface area contributed by atoms with Gasteiger partial charge in [0.15, 0.2) is 5.65 Å². The Kier molecular flexibility index (Phi) is 7.55. The highest BCUT2D eigenvalue weighted by Gasteiger charge is 2.34. The summed E-state index contributed by atoms with van der Waals surface area (Å²) >= 11 is 7.94. The Bertz CT molecular complexity index is 2030. The highest BCUT2D eigenvalue weighted by atomic mass is 35.5. The second-order valence-corrected chi connectivity index (χ2v) is 15.3. The van der Waals surface area contributed by atoms with Gasteiger partial charge in [0.05, 0.1) is 14.8 Å². The van der Waals surface area contributed by atoms with E-state index in [2.05, 4.69) is 4.98 Å². The van der Waals surface area contributed by atoms with Crippen LogP contribution in [0.1, 0.15) is 22.8 Å². The zero-order valence-electron chi connectivity index (χ0n) is 22.3. The van der Waals surface area contributed by atoms with E-state index in [9.17, 15) is 26.9 Å². The van der Waals surface area contributed by atoms with Gasteiger partial charge in [-0.1, -0.05) is 41.4 Å². The van der Waals surface area contributed by atoms with E-state index in [0.29, 0.717) is 34.9 Å². The van der Waals surface area contributed by atoms with Crippen LogP contribution >= 0.6 is 22.9 Å². The van der Waals surface area contributed by atoms with Crippen molar-refractivity contribution in [2.75, 3.05) is 13.1 Å². The van der Waals surface area contributed by atoms with Crippen LogP contribution in [0.25, 0.3) is 22.2 Å². The minimum atomic E-state index is -4.04. The predicted molar refractivity (Wildman–Crippen MR) is 164 cm³/mol. The lowest BCUT2D eigenvalue weighted by Crippen LogP contribution is -2.29. The number of benzene rings is 2. The lowest BCUT2D eigenvalue weighted by atomic mass is 9.82. The molecule has 2 N–H and O–H groups in total. The first kappa shape index (κ1) is 29.1. The number of aromatic nitrogens is 2. The molecular formula is C28H25BClN3O6S3. The molecule has 1 aliphatic heterocycles. The number of aryl methyl sites for hydroxylation is 1. The smallest absolute Gasteiger partial charge is 0.423 e. The van der Waals surface area contributed by atoms with Crippen molar-refractivity contribution in [3.8, 4) is 11.1 Å². The summed E-state index contributed by atoms with van der Waals surface area (Å²) < 4.78 is 57.3. The average Bonchev–Trinajstić information content (AvgIpc) is 3.73. The van der Waals surface area contributed by atoms with Crippen LogP contribution in [-0.4, -0.2) is 60.4 Å². The van der Waals surface area contributed by atoms with Crippen LogP contribution in [0.15, 0.2) is 88.2 Å². The third-order valence-electron chi connectivity index (χ3n) is 7.46. The van der Waals surface area contributed by atoms with Crippen molar-refractivity contribution in [1.29, 1.82) is 0 Å². The Balaban J connectivity index is 1.37. The first-order chi connectivity index (χ1) is 20.0. The molecule has 6 rings (SSSR count). The van der Waals surface area contributed by atoms with Crippen molar-refractivity contribution >= 4 is 66.6 Å². The number of halogens is 1. The lowest BCUT2D eigenvalue weighted by molar-refractivity contribution is 0.426. The first-order valence-electron chi connectivity index (χ1n) is 13.0. The van der Waals surface area contributed by atoms with Crippen LogP contribution in [0.3, 0.4) is 0 Å². The molecule has 1 fully saturated rings. The van der Waals surface area contributed by atoms with Crippen LogP contribution in [0.4, 0.5) is 0 Å². The predicted octanol–water partition coefficient (Wildman–Crippen LogP) is 3.82. The molecule has 5 aromatic rings. The van der Waals surface area contributed by atoms with Gasteiger partial charge in [-0.15, -0.1) is 11.3 Å². The Morgan fingerprint density at radius 3 is 2.48 bits per heavy atom. The number of thiophene rings is 1. The van der Waals surface area contributed by atoms with Gasteiger partial charge < -0.3 is 10.0 Å². The number of fused-ring (bicyclic) bond motifs is 1. The number of hydrogen-bond donors (Lipinski definition) is 2. The van der Waals surface area contributed by atoms with Crippen molar-refractivity contribution in [2.24, 2.45) is 0 Å². The van der Waals surface area contributed by atoms with Crippen LogP contribution in [0, 0.1) is 6.92 Å². The summed E-state index contributed by atoms with van der Waals surface area (Å²) in [5.41, 5.74) is 2.35. The van der Waals surface area contributed by atoms with E-state index in [0.717, 1.165) is 14.4 Å². The molecule has 14 heteroatoms. The van der Waals surface area contributed by atoms with E-state index >= 15 is 0 Å². The molecule has 0 spiro atoms. The van der Waals surface area contributed by atoms with Crippen LogP contribution in [0.2, 0.25) is 5.02 Å². The summed E-state index contributed by atoms with van der Waals surface area (Å²) in [5, 5.41) is 21.2. The molecule has 2 aromatic carbocycles. The normalized spacial score (nSPS) is 16.3. The molecule has 0 amide bonds. The van der Waals surface area contributed by atoms with Gasteiger partial charge in [0, 0.05) is 47.2 Å². The molecule has 1 saturated heterocycles. The Morgan fingerprint density at radius 1 is 1.00 bits per heavy atom. The molecule has 42 heavy (non-hydrogen) atoms. The lowest BCUT2D eigenvalue weighted by Gasteiger charge is -2.17. The van der Waals surface area contributed by atoms with Crippen molar-refractivity contribution in [3.05, 3.63) is 93.9 Å². The number of sulfonamides is 1. The Morgan fingerprint density at radius 2 is 1.76 bits per heavy atom. The number of rotatable bonds is 7. The fourth-order valence-corrected chi connectivity index (χ4v) is 9.34. The van der Waals surface area contributed by atoms with Crippen LogP contribution in [0.5, 0.6) is 0 Å². The summed E-state index contributed by atoms with van der Waals surface area (Å²) in [6.07, 6.45) is 3.46. The molecule has 1 atom stereocenters. The maximum atomic E-state index is 13.7. The quantitative estimate of drug-likeness (QED) is 0.259. The van der Waals surface area contributed by atoms with Gasteiger partial charge in [-0.05, 0) is 66.1 Å². The van der Waals surface area contributed by atoms with Gasteiger partial charge >= 0.3 is 7.12 Å². The third-order valence-corrected chi connectivity index (χ3v) is 12.4. The molecule has 216 valence electrons. The van der Waals surface area contributed by atoms with Gasteiger partial charge in [0.1, 0.15) is 0 Å². The molecule has 0 radical (unpaired) electrons.